The first-order valence-corrected chi connectivity index (χ1v) is 16.7. The van der Waals surface area contributed by atoms with E-state index in [1.165, 1.54) is 52.8 Å². The van der Waals surface area contributed by atoms with E-state index in [9.17, 15) is 0 Å². The van der Waals surface area contributed by atoms with Crippen molar-refractivity contribution in [2.75, 3.05) is 4.90 Å². The number of rotatable bonds is 4. The number of furan rings is 1. The lowest BCUT2D eigenvalue weighted by Gasteiger charge is -2.27. The third-order valence-corrected chi connectivity index (χ3v) is 10.6. The summed E-state index contributed by atoms with van der Waals surface area (Å²) < 4.78 is 9.19. The van der Waals surface area contributed by atoms with E-state index in [1.807, 2.05) is 17.4 Å². The van der Waals surface area contributed by atoms with Crippen LogP contribution in [0.2, 0.25) is 0 Å². The van der Waals surface area contributed by atoms with Crippen molar-refractivity contribution in [3.8, 4) is 11.1 Å². The molecule has 0 radical (unpaired) electrons. The summed E-state index contributed by atoms with van der Waals surface area (Å²) >= 11 is 1.84. The van der Waals surface area contributed by atoms with Gasteiger partial charge in [-0.25, -0.2) is 0 Å². The maximum absolute atomic E-state index is 6.63. The standard InChI is InChI=1S/C44H27NOS/c1-2-12-31-29(11-1)27-37(33-14-4-3-13-32(31)33)28-23-25-30(26-24-28)45(38-18-10-22-42-43(38)36-16-6-8-21-41(36)47-42)39-19-9-17-35-34-15-5-7-20-40(34)46-44(35)39/h1-27H. The van der Waals surface area contributed by atoms with Gasteiger partial charge in [-0.05, 0) is 81.2 Å². The molecule has 0 fully saturated rings. The van der Waals surface area contributed by atoms with Gasteiger partial charge in [0.1, 0.15) is 5.58 Å². The second-order valence-corrected chi connectivity index (χ2v) is 13.2. The van der Waals surface area contributed by atoms with Crippen LogP contribution in [0.3, 0.4) is 0 Å². The Morgan fingerprint density at radius 2 is 1.09 bits per heavy atom. The molecule has 10 rings (SSSR count). The molecule has 0 saturated heterocycles. The number of para-hydroxylation sites is 2. The van der Waals surface area contributed by atoms with Crippen molar-refractivity contribution in [1.29, 1.82) is 0 Å². The molecule has 0 aliphatic heterocycles. The lowest BCUT2D eigenvalue weighted by Crippen LogP contribution is -2.10. The zero-order valence-electron chi connectivity index (χ0n) is 25.4. The molecule has 0 amide bonds. The van der Waals surface area contributed by atoms with Crippen molar-refractivity contribution in [3.05, 3.63) is 164 Å². The van der Waals surface area contributed by atoms with Crippen LogP contribution in [0.1, 0.15) is 0 Å². The molecule has 0 aliphatic carbocycles. The highest BCUT2D eigenvalue weighted by Crippen LogP contribution is 2.48. The minimum absolute atomic E-state index is 0.884. The Balaban J connectivity index is 1.22. The van der Waals surface area contributed by atoms with Crippen LogP contribution in [0.5, 0.6) is 0 Å². The summed E-state index contributed by atoms with van der Waals surface area (Å²) in [6.45, 7) is 0. The number of fused-ring (bicyclic) bond motifs is 9. The van der Waals surface area contributed by atoms with Crippen LogP contribution in [0.15, 0.2) is 168 Å². The van der Waals surface area contributed by atoms with E-state index < -0.39 is 0 Å². The van der Waals surface area contributed by atoms with Crippen molar-refractivity contribution in [2.45, 2.75) is 0 Å². The van der Waals surface area contributed by atoms with Gasteiger partial charge in [-0.3, -0.25) is 0 Å². The van der Waals surface area contributed by atoms with Gasteiger partial charge in [-0.1, -0.05) is 115 Å². The van der Waals surface area contributed by atoms with Gasteiger partial charge in [0.2, 0.25) is 0 Å². The molecule has 0 saturated carbocycles. The average molecular weight is 618 g/mol. The predicted octanol–water partition coefficient (Wildman–Crippen LogP) is 13.4. The summed E-state index contributed by atoms with van der Waals surface area (Å²) in [5.41, 5.74) is 7.44. The Morgan fingerprint density at radius 1 is 0.447 bits per heavy atom. The van der Waals surface area contributed by atoms with Crippen LogP contribution in [0.25, 0.3) is 74.8 Å². The first-order valence-electron chi connectivity index (χ1n) is 15.9. The number of nitrogens with zero attached hydrogens (tertiary/aromatic N) is 1. The van der Waals surface area contributed by atoms with Crippen LogP contribution < -0.4 is 4.90 Å². The predicted molar refractivity (Wildman–Crippen MR) is 202 cm³/mol. The summed E-state index contributed by atoms with van der Waals surface area (Å²) in [5, 5.41) is 9.84. The topological polar surface area (TPSA) is 16.4 Å². The Bertz CT molecular complexity index is 2810. The molecule has 8 aromatic carbocycles. The summed E-state index contributed by atoms with van der Waals surface area (Å²) in [4.78, 5) is 2.38. The zero-order valence-corrected chi connectivity index (χ0v) is 26.2. The number of anilines is 3. The summed E-state index contributed by atoms with van der Waals surface area (Å²) in [5.74, 6) is 0. The number of hydrogen-bond donors (Lipinski definition) is 0. The van der Waals surface area contributed by atoms with Crippen molar-refractivity contribution in [3.63, 3.8) is 0 Å². The Kier molecular flexibility index (Phi) is 5.78. The first kappa shape index (κ1) is 26.3. The van der Waals surface area contributed by atoms with Gasteiger partial charge in [-0.15, -0.1) is 11.3 Å². The molecule has 220 valence electrons. The Hall–Kier alpha value is -5.90. The van der Waals surface area contributed by atoms with E-state index in [0.29, 0.717) is 0 Å². The van der Waals surface area contributed by atoms with Crippen LogP contribution in [0.4, 0.5) is 17.1 Å². The monoisotopic (exact) mass is 617 g/mol. The van der Waals surface area contributed by atoms with Crippen LogP contribution in [-0.2, 0) is 0 Å². The number of benzene rings is 8. The highest BCUT2D eigenvalue weighted by Gasteiger charge is 2.22. The molecule has 0 atom stereocenters. The fraction of sp³-hybridized carbons (Fsp3) is 0. The minimum atomic E-state index is 0.884. The van der Waals surface area contributed by atoms with Crippen LogP contribution >= 0.6 is 11.3 Å². The maximum Gasteiger partial charge on any atom is 0.159 e. The first-order chi connectivity index (χ1) is 23.3. The molecule has 0 spiro atoms. The fourth-order valence-corrected chi connectivity index (χ4v) is 8.47. The lowest BCUT2D eigenvalue weighted by atomic mass is 9.93. The molecule has 0 aliphatic rings. The molecule has 0 bridgehead atoms. The molecule has 0 N–H and O–H groups in total. The summed E-state index contributed by atoms with van der Waals surface area (Å²) in [6, 6.07) is 59.0. The zero-order chi connectivity index (χ0) is 30.9. The highest BCUT2D eigenvalue weighted by molar-refractivity contribution is 7.26. The third kappa shape index (κ3) is 4.04. The van der Waals surface area contributed by atoms with Crippen molar-refractivity contribution >= 4 is 92.1 Å². The second kappa shape index (κ2) is 10.3. The average Bonchev–Trinajstić information content (AvgIpc) is 3.71. The quantitative estimate of drug-likeness (QED) is 0.183. The molecule has 2 nitrogen and oxygen atoms in total. The summed E-state index contributed by atoms with van der Waals surface area (Å²) in [7, 11) is 0. The fourth-order valence-electron chi connectivity index (χ4n) is 7.34. The molecular weight excluding hydrogens is 591 g/mol. The van der Waals surface area contributed by atoms with E-state index in [4.69, 9.17) is 4.42 Å². The largest absolute Gasteiger partial charge is 0.454 e. The molecule has 2 heterocycles. The summed E-state index contributed by atoms with van der Waals surface area (Å²) in [6.07, 6.45) is 0. The van der Waals surface area contributed by atoms with Crippen LogP contribution in [-0.4, -0.2) is 0 Å². The van der Waals surface area contributed by atoms with Gasteiger partial charge in [0.25, 0.3) is 0 Å². The minimum Gasteiger partial charge on any atom is -0.454 e. The maximum atomic E-state index is 6.63. The SMILES string of the molecule is c1ccc2c(c1)cc(-c1ccc(N(c3cccc4c3oc3ccccc34)c3cccc4sc5ccccc5c34)cc1)c1ccccc12. The molecule has 0 unspecified atom stereocenters. The Morgan fingerprint density at radius 3 is 1.96 bits per heavy atom. The van der Waals surface area contributed by atoms with E-state index in [-0.39, 0.29) is 0 Å². The van der Waals surface area contributed by atoms with Gasteiger partial charge in [0, 0.05) is 36.6 Å². The van der Waals surface area contributed by atoms with Crippen molar-refractivity contribution in [1.82, 2.24) is 0 Å². The third-order valence-electron chi connectivity index (χ3n) is 9.45. The van der Waals surface area contributed by atoms with Gasteiger partial charge >= 0.3 is 0 Å². The van der Waals surface area contributed by atoms with Gasteiger partial charge in [0.15, 0.2) is 5.58 Å². The van der Waals surface area contributed by atoms with Gasteiger partial charge in [-0.2, -0.15) is 0 Å². The molecule has 47 heavy (non-hydrogen) atoms. The number of hydrogen-bond acceptors (Lipinski definition) is 3. The normalized spacial score (nSPS) is 11.8. The van der Waals surface area contributed by atoms with E-state index in [0.717, 1.165) is 39.0 Å². The lowest BCUT2D eigenvalue weighted by molar-refractivity contribution is 0.669. The molecule has 3 heteroatoms. The Labute approximate surface area is 275 Å². The second-order valence-electron chi connectivity index (χ2n) is 12.1. The smallest absolute Gasteiger partial charge is 0.159 e. The molecular formula is C44H27NOS. The molecule has 2 aromatic heterocycles. The molecule has 10 aromatic rings. The van der Waals surface area contributed by atoms with Crippen LogP contribution in [0, 0.1) is 0 Å². The van der Waals surface area contributed by atoms with Gasteiger partial charge < -0.3 is 9.32 Å². The van der Waals surface area contributed by atoms with Crippen molar-refractivity contribution in [2.24, 2.45) is 0 Å². The highest BCUT2D eigenvalue weighted by atomic mass is 32.1. The number of thiophene rings is 1. The van der Waals surface area contributed by atoms with Crippen molar-refractivity contribution < 1.29 is 4.42 Å². The van der Waals surface area contributed by atoms with E-state index in [2.05, 4.69) is 163 Å². The van der Waals surface area contributed by atoms with Gasteiger partial charge in [0.05, 0.1) is 11.4 Å². The van der Waals surface area contributed by atoms with E-state index in [1.54, 1.807) is 0 Å². The van der Waals surface area contributed by atoms with E-state index >= 15 is 0 Å².